The van der Waals surface area contributed by atoms with Crippen LogP contribution in [0.4, 0.5) is 0 Å². The van der Waals surface area contributed by atoms with Gasteiger partial charge in [-0.25, -0.2) is 9.97 Å². The quantitative estimate of drug-likeness (QED) is 0.335. The Bertz CT molecular complexity index is 1330. The summed E-state index contributed by atoms with van der Waals surface area (Å²) in [6.07, 6.45) is 4.82. The lowest BCUT2D eigenvalue weighted by atomic mass is 10.2. The molecule has 0 radical (unpaired) electrons. The molecule has 0 amide bonds. The summed E-state index contributed by atoms with van der Waals surface area (Å²) in [6.45, 7) is 0.888. The fraction of sp³-hybridized carbons (Fsp3) is 0.368. The molecule has 0 saturated heterocycles. The molecule has 29 heavy (non-hydrogen) atoms. The van der Waals surface area contributed by atoms with Gasteiger partial charge in [0.2, 0.25) is 0 Å². The van der Waals surface area contributed by atoms with Gasteiger partial charge in [0.15, 0.2) is 10.1 Å². The molecule has 150 valence electrons. The largest absolute Gasteiger partial charge is 0.383 e. The van der Waals surface area contributed by atoms with Gasteiger partial charge in [0.25, 0.3) is 11.1 Å². The van der Waals surface area contributed by atoms with Crippen LogP contribution in [0.3, 0.4) is 0 Å². The third-order valence-corrected chi connectivity index (χ3v) is 7.97. The molecule has 5 rings (SSSR count). The summed E-state index contributed by atoms with van der Waals surface area (Å²) < 4.78 is 8.45. The number of fused-ring (bicyclic) bond motifs is 4. The average molecular weight is 447 g/mol. The molecule has 4 aromatic heterocycles. The van der Waals surface area contributed by atoms with Crippen LogP contribution in [0.1, 0.15) is 22.6 Å². The number of hydrogen-bond acceptors (Lipinski definition) is 8. The number of aryl methyl sites for hydroxylation is 2. The van der Waals surface area contributed by atoms with E-state index in [1.165, 1.54) is 37.9 Å². The minimum absolute atomic E-state index is 0.00990. The van der Waals surface area contributed by atoms with E-state index in [0.717, 1.165) is 29.5 Å². The van der Waals surface area contributed by atoms with Crippen molar-refractivity contribution in [3.63, 3.8) is 0 Å². The molecule has 0 spiro atoms. The highest BCUT2D eigenvalue weighted by Gasteiger charge is 2.23. The fourth-order valence-corrected chi connectivity index (χ4v) is 6.61. The molecule has 0 unspecified atom stereocenters. The number of thiophene rings is 1. The molecular weight excluding hydrogens is 428 g/mol. The molecule has 0 N–H and O–H groups in total. The third kappa shape index (κ3) is 3.33. The first kappa shape index (κ1) is 19.0. The second-order valence-corrected chi connectivity index (χ2v) is 9.71. The molecule has 0 aromatic carbocycles. The summed E-state index contributed by atoms with van der Waals surface area (Å²) in [5, 5.41) is 3.26. The summed E-state index contributed by atoms with van der Waals surface area (Å²) in [5.74, 6) is 0.472. The van der Waals surface area contributed by atoms with Crippen LogP contribution in [0.25, 0.3) is 15.2 Å². The lowest BCUT2D eigenvalue weighted by Crippen LogP contribution is -2.25. The Labute approximate surface area is 178 Å². The zero-order chi connectivity index (χ0) is 20.0. The summed E-state index contributed by atoms with van der Waals surface area (Å²) in [7, 11) is 1.62. The first-order valence-electron chi connectivity index (χ1n) is 9.28. The number of thioether (sulfide) groups is 1. The Kier molecular flexibility index (Phi) is 5.02. The van der Waals surface area contributed by atoms with Gasteiger partial charge in [0, 0.05) is 35.4 Å². The lowest BCUT2D eigenvalue weighted by Gasteiger charge is -2.12. The Balaban J connectivity index is 1.54. The van der Waals surface area contributed by atoms with E-state index in [4.69, 9.17) is 9.72 Å². The fourth-order valence-electron chi connectivity index (χ4n) is 3.65. The van der Waals surface area contributed by atoms with Gasteiger partial charge in [-0.05, 0) is 24.8 Å². The van der Waals surface area contributed by atoms with Gasteiger partial charge in [-0.15, -0.1) is 22.7 Å². The Morgan fingerprint density at radius 2 is 2.17 bits per heavy atom. The van der Waals surface area contributed by atoms with Gasteiger partial charge in [-0.2, -0.15) is 0 Å². The highest BCUT2D eigenvalue weighted by atomic mass is 32.2. The van der Waals surface area contributed by atoms with Gasteiger partial charge in [-0.3, -0.25) is 18.6 Å². The van der Waals surface area contributed by atoms with E-state index in [2.05, 4.69) is 4.98 Å². The maximum Gasteiger partial charge on any atom is 0.263 e. The van der Waals surface area contributed by atoms with Crippen LogP contribution in [0.15, 0.2) is 32.4 Å². The van der Waals surface area contributed by atoms with Crippen molar-refractivity contribution in [3.8, 4) is 0 Å². The maximum absolute atomic E-state index is 13.3. The third-order valence-electron chi connectivity index (χ3n) is 5.01. The predicted octanol–water partition coefficient (Wildman–Crippen LogP) is 2.95. The number of nitrogens with zero attached hydrogens (tertiary/aromatic N) is 4. The molecular formula is C19H18N4O3S3. The highest BCUT2D eigenvalue weighted by Crippen LogP contribution is 2.35. The second-order valence-electron chi connectivity index (χ2n) is 6.81. The van der Waals surface area contributed by atoms with E-state index in [9.17, 15) is 9.59 Å². The molecule has 4 aromatic rings. The second kappa shape index (κ2) is 7.67. The van der Waals surface area contributed by atoms with Gasteiger partial charge < -0.3 is 4.74 Å². The number of aromatic nitrogens is 4. The highest BCUT2D eigenvalue weighted by molar-refractivity contribution is 7.98. The van der Waals surface area contributed by atoms with Crippen molar-refractivity contribution in [1.82, 2.24) is 18.9 Å². The van der Waals surface area contributed by atoms with Crippen LogP contribution in [-0.2, 0) is 29.9 Å². The van der Waals surface area contributed by atoms with Crippen molar-refractivity contribution >= 4 is 49.6 Å². The maximum atomic E-state index is 13.3. The standard InChI is InChI=1S/C19H18N4O3S3/c1-26-7-5-23-17(25)15-12-3-2-4-13(12)29-16(15)21-19(23)28-10-11-9-14(24)22-6-8-27-18(22)20-11/h6,8-9H,2-5,7,10H2,1H3. The summed E-state index contributed by atoms with van der Waals surface area (Å²) in [4.78, 5) is 37.7. The number of hydrogen-bond donors (Lipinski definition) is 0. The molecule has 4 heterocycles. The van der Waals surface area contributed by atoms with E-state index >= 15 is 0 Å². The predicted molar refractivity (Wildman–Crippen MR) is 117 cm³/mol. The van der Waals surface area contributed by atoms with Crippen molar-refractivity contribution in [3.05, 3.63) is 54.5 Å². The molecule has 0 atom stereocenters. The van der Waals surface area contributed by atoms with Crippen molar-refractivity contribution in [2.45, 2.75) is 36.7 Å². The molecule has 0 saturated carbocycles. The van der Waals surface area contributed by atoms with Crippen molar-refractivity contribution in [1.29, 1.82) is 0 Å². The Morgan fingerprint density at radius 1 is 1.28 bits per heavy atom. The SMILES string of the molecule is COCCn1c(SCc2cc(=O)n3ccsc3n2)nc2sc3c(c2c1=O)CCC3. The van der Waals surface area contributed by atoms with Crippen LogP contribution in [-0.4, -0.2) is 32.7 Å². The van der Waals surface area contributed by atoms with Gasteiger partial charge in [-0.1, -0.05) is 11.8 Å². The Morgan fingerprint density at radius 3 is 3.03 bits per heavy atom. The molecule has 0 fully saturated rings. The lowest BCUT2D eigenvalue weighted by molar-refractivity contribution is 0.183. The van der Waals surface area contributed by atoms with Crippen LogP contribution in [0.2, 0.25) is 0 Å². The normalized spacial score (nSPS) is 13.6. The van der Waals surface area contributed by atoms with Crippen molar-refractivity contribution < 1.29 is 4.74 Å². The topological polar surface area (TPSA) is 78.5 Å². The Hall–Kier alpha value is -2.01. The molecule has 0 aliphatic heterocycles. The molecule has 1 aliphatic rings. The van der Waals surface area contributed by atoms with E-state index in [1.54, 1.807) is 35.3 Å². The monoisotopic (exact) mass is 446 g/mol. The van der Waals surface area contributed by atoms with Crippen molar-refractivity contribution in [2.75, 3.05) is 13.7 Å². The average Bonchev–Trinajstić information content (AvgIpc) is 3.41. The number of methoxy groups -OCH3 is 1. The minimum Gasteiger partial charge on any atom is -0.383 e. The zero-order valence-corrected chi connectivity index (χ0v) is 18.2. The molecule has 10 heteroatoms. The first-order chi connectivity index (χ1) is 14.2. The van der Waals surface area contributed by atoms with Crippen LogP contribution in [0.5, 0.6) is 0 Å². The molecule has 7 nitrogen and oxygen atoms in total. The van der Waals surface area contributed by atoms with Gasteiger partial charge in [0.1, 0.15) is 4.83 Å². The summed E-state index contributed by atoms with van der Waals surface area (Å²) in [6, 6.07) is 1.54. The van der Waals surface area contributed by atoms with E-state index in [0.29, 0.717) is 34.7 Å². The van der Waals surface area contributed by atoms with Crippen LogP contribution < -0.4 is 11.1 Å². The first-order valence-corrected chi connectivity index (χ1v) is 12.0. The van der Waals surface area contributed by atoms with Gasteiger partial charge >= 0.3 is 0 Å². The summed E-state index contributed by atoms with van der Waals surface area (Å²) >= 11 is 4.50. The van der Waals surface area contributed by atoms with E-state index in [-0.39, 0.29) is 11.1 Å². The smallest absolute Gasteiger partial charge is 0.263 e. The van der Waals surface area contributed by atoms with Crippen LogP contribution >= 0.6 is 34.4 Å². The van der Waals surface area contributed by atoms with E-state index in [1.807, 2.05) is 5.38 Å². The molecule has 1 aliphatic carbocycles. The van der Waals surface area contributed by atoms with Crippen molar-refractivity contribution in [2.24, 2.45) is 0 Å². The van der Waals surface area contributed by atoms with E-state index < -0.39 is 0 Å². The van der Waals surface area contributed by atoms with Gasteiger partial charge in [0.05, 0.1) is 24.2 Å². The van der Waals surface area contributed by atoms with Crippen LogP contribution in [0, 0.1) is 0 Å². The number of rotatable bonds is 6. The number of thiazole rings is 1. The minimum atomic E-state index is -0.0956. The summed E-state index contributed by atoms with van der Waals surface area (Å²) in [5.41, 5.74) is 1.78. The zero-order valence-electron chi connectivity index (χ0n) is 15.7. The molecule has 0 bridgehead atoms. The number of ether oxygens (including phenoxy) is 1.